The first kappa shape index (κ1) is 64.3. The highest BCUT2D eigenvalue weighted by Crippen LogP contribution is 2.47. The van der Waals surface area contributed by atoms with Crippen molar-refractivity contribution < 1.29 is 63.1 Å². The summed E-state index contributed by atoms with van der Waals surface area (Å²) >= 11 is 0. The molecule has 1 aliphatic carbocycles. The molecule has 400 valence electrons. The van der Waals surface area contributed by atoms with Crippen molar-refractivity contribution in [3.8, 4) is 0 Å². The van der Waals surface area contributed by atoms with Gasteiger partial charge in [-0.25, -0.2) is 4.57 Å². The molecule has 14 heteroatoms. The first-order valence-electron chi connectivity index (χ1n) is 27.6. The number of unbranched alkanes of at least 4 members (excludes halogenated alkanes) is 31. The van der Waals surface area contributed by atoms with E-state index in [9.17, 15) is 44.6 Å². The average molecular weight is 989 g/mol. The van der Waals surface area contributed by atoms with Gasteiger partial charge in [-0.1, -0.05) is 218 Å². The van der Waals surface area contributed by atoms with Crippen LogP contribution in [0.5, 0.6) is 0 Å². The zero-order valence-electron chi connectivity index (χ0n) is 42.9. The standard InChI is InChI=1S/C54H101O13P/c1-3-5-7-9-11-13-15-17-19-21-22-23-24-25-27-29-31-33-35-37-39-41-43-48(56)66-46(45-65-68(62,63)67-54-52(60)50(58)49(57)51(59)53(54)61)44-64-47(55)42-40-38-36-34-32-30-28-26-20-18-16-14-12-10-8-6-4-2/h12,14,18,20,46,49-54,57-61H,3-11,13,15-17,19,21-45H2,1-2H3,(H,62,63)/b14-12+,20-18+/t46-,49?,50+,51?,52?,53?,54?/m1/s1. The fourth-order valence-electron chi connectivity index (χ4n) is 8.61. The van der Waals surface area contributed by atoms with Crippen molar-refractivity contribution in [2.45, 2.75) is 294 Å². The van der Waals surface area contributed by atoms with E-state index in [4.69, 9.17) is 18.5 Å². The van der Waals surface area contributed by atoms with E-state index in [1.54, 1.807) is 0 Å². The van der Waals surface area contributed by atoms with Gasteiger partial charge in [-0.15, -0.1) is 0 Å². The van der Waals surface area contributed by atoms with E-state index in [1.807, 2.05) is 0 Å². The summed E-state index contributed by atoms with van der Waals surface area (Å²) in [6.45, 7) is 3.32. The highest BCUT2D eigenvalue weighted by Gasteiger charge is 2.51. The number of carbonyl (C=O) groups excluding carboxylic acids is 2. The number of ether oxygens (including phenoxy) is 2. The summed E-state index contributed by atoms with van der Waals surface area (Å²) in [4.78, 5) is 35.9. The Morgan fingerprint density at radius 2 is 0.794 bits per heavy atom. The smallest absolute Gasteiger partial charge is 0.462 e. The molecule has 0 aromatic heterocycles. The second kappa shape index (κ2) is 44.1. The third-order valence-electron chi connectivity index (χ3n) is 13.0. The van der Waals surface area contributed by atoms with Crippen LogP contribution in [0.2, 0.25) is 0 Å². The van der Waals surface area contributed by atoms with E-state index in [2.05, 4.69) is 38.2 Å². The Labute approximate surface area is 413 Å². The SMILES string of the molecule is CCCCC/C=C/C/C=C/CCCCCCCCCC(=O)OC[C@H](COP(=O)(O)OC1C(O)C(O)C(O)[C@H](O)C1O)OC(=O)CCCCCCCCCCCCCCCCCCCCCCCC. The molecule has 0 aliphatic heterocycles. The Morgan fingerprint density at radius 1 is 0.456 bits per heavy atom. The van der Waals surface area contributed by atoms with Crippen LogP contribution in [0.4, 0.5) is 0 Å². The predicted octanol–water partition coefficient (Wildman–Crippen LogP) is 12.3. The molecule has 0 aromatic rings. The van der Waals surface area contributed by atoms with Crippen molar-refractivity contribution in [2.24, 2.45) is 0 Å². The molecule has 0 radical (unpaired) electrons. The van der Waals surface area contributed by atoms with Crippen LogP contribution in [0.3, 0.4) is 0 Å². The number of phosphoric acid groups is 1. The third kappa shape index (κ3) is 35.4. The molecule has 1 aliphatic rings. The molecule has 1 fully saturated rings. The first-order chi connectivity index (χ1) is 32.9. The molecule has 0 amide bonds. The fourth-order valence-corrected chi connectivity index (χ4v) is 9.59. The molecule has 6 N–H and O–H groups in total. The van der Waals surface area contributed by atoms with Crippen LogP contribution >= 0.6 is 7.82 Å². The number of carbonyl (C=O) groups is 2. The van der Waals surface area contributed by atoms with E-state index < -0.39 is 75.7 Å². The van der Waals surface area contributed by atoms with Crippen LogP contribution in [0.25, 0.3) is 0 Å². The Hall–Kier alpha value is -1.67. The Morgan fingerprint density at radius 3 is 1.22 bits per heavy atom. The van der Waals surface area contributed by atoms with Crippen molar-refractivity contribution in [1.82, 2.24) is 0 Å². The molecule has 1 saturated carbocycles. The maximum absolute atomic E-state index is 12.9. The van der Waals surface area contributed by atoms with Crippen molar-refractivity contribution >= 4 is 19.8 Å². The van der Waals surface area contributed by atoms with E-state index >= 15 is 0 Å². The van der Waals surface area contributed by atoms with Crippen LogP contribution < -0.4 is 0 Å². The second-order valence-corrected chi connectivity index (χ2v) is 20.9. The number of hydrogen-bond donors (Lipinski definition) is 6. The van der Waals surface area contributed by atoms with Gasteiger partial charge in [0.2, 0.25) is 0 Å². The number of esters is 2. The van der Waals surface area contributed by atoms with Crippen molar-refractivity contribution in [1.29, 1.82) is 0 Å². The van der Waals surface area contributed by atoms with Gasteiger partial charge in [0.15, 0.2) is 6.10 Å². The Kier molecular flexibility index (Phi) is 41.7. The number of allylic oxidation sites excluding steroid dienone is 4. The quantitative estimate of drug-likeness (QED) is 0.0145. The van der Waals surface area contributed by atoms with Crippen molar-refractivity contribution in [3.05, 3.63) is 24.3 Å². The van der Waals surface area contributed by atoms with Gasteiger partial charge < -0.3 is 39.9 Å². The lowest BCUT2D eigenvalue weighted by molar-refractivity contribution is -0.220. The number of rotatable bonds is 47. The average Bonchev–Trinajstić information content (AvgIpc) is 3.32. The highest BCUT2D eigenvalue weighted by atomic mass is 31.2. The van der Waals surface area contributed by atoms with E-state index in [0.29, 0.717) is 12.8 Å². The highest BCUT2D eigenvalue weighted by molar-refractivity contribution is 7.47. The first-order valence-corrected chi connectivity index (χ1v) is 29.1. The fraction of sp³-hybridized carbons (Fsp3) is 0.889. The zero-order chi connectivity index (χ0) is 49.9. The van der Waals surface area contributed by atoms with Gasteiger partial charge in [-0.3, -0.25) is 18.6 Å². The molecule has 8 atom stereocenters. The van der Waals surface area contributed by atoms with Gasteiger partial charge >= 0.3 is 19.8 Å². The van der Waals surface area contributed by atoms with Crippen LogP contribution in [0.15, 0.2) is 24.3 Å². The molecular formula is C54H101O13P. The number of phosphoric ester groups is 1. The summed E-state index contributed by atoms with van der Waals surface area (Å²) in [6, 6.07) is 0. The second-order valence-electron chi connectivity index (χ2n) is 19.4. The van der Waals surface area contributed by atoms with E-state index in [-0.39, 0.29) is 12.8 Å². The summed E-state index contributed by atoms with van der Waals surface area (Å²) < 4.78 is 33.7. The minimum Gasteiger partial charge on any atom is -0.462 e. The normalized spacial score (nSPS) is 21.1. The lowest BCUT2D eigenvalue weighted by atomic mass is 9.85. The van der Waals surface area contributed by atoms with Crippen molar-refractivity contribution in [2.75, 3.05) is 13.2 Å². The monoisotopic (exact) mass is 989 g/mol. The molecular weight excluding hydrogens is 888 g/mol. The maximum Gasteiger partial charge on any atom is 0.472 e. The molecule has 0 aromatic carbocycles. The van der Waals surface area contributed by atoms with Gasteiger partial charge in [0.25, 0.3) is 0 Å². The largest absolute Gasteiger partial charge is 0.472 e. The van der Waals surface area contributed by atoms with E-state index in [1.165, 1.54) is 148 Å². The van der Waals surface area contributed by atoms with Crippen LogP contribution in [-0.4, -0.2) is 98.3 Å². The van der Waals surface area contributed by atoms with Gasteiger partial charge in [0.1, 0.15) is 43.2 Å². The summed E-state index contributed by atoms with van der Waals surface area (Å²) in [5, 5.41) is 50.3. The number of hydrogen-bond acceptors (Lipinski definition) is 12. The number of aliphatic hydroxyl groups excluding tert-OH is 5. The zero-order valence-corrected chi connectivity index (χ0v) is 43.8. The lowest BCUT2D eigenvalue weighted by Crippen LogP contribution is -2.64. The minimum atomic E-state index is -5.12. The predicted molar refractivity (Wildman–Crippen MR) is 272 cm³/mol. The molecule has 0 bridgehead atoms. The van der Waals surface area contributed by atoms with Gasteiger partial charge in [0, 0.05) is 12.8 Å². The molecule has 0 saturated heterocycles. The maximum atomic E-state index is 12.9. The Balaban J connectivity index is 2.35. The molecule has 6 unspecified atom stereocenters. The molecule has 68 heavy (non-hydrogen) atoms. The lowest BCUT2D eigenvalue weighted by Gasteiger charge is -2.41. The molecule has 0 heterocycles. The molecule has 1 rings (SSSR count). The van der Waals surface area contributed by atoms with Crippen LogP contribution in [0.1, 0.15) is 251 Å². The Bertz CT molecular complexity index is 1280. The number of aliphatic hydroxyl groups is 5. The molecule has 13 nitrogen and oxygen atoms in total. The topological polar surface area (TPSA) is 210 Å². The minimum absolute atomic E-state index is 0.100. The summed E-state index contributed by atoms with van der Waals surface area (Å²) in [5.74, 6) is -1.09. The van der Waals surface area contributed by atoms with Gasteiger partial charge in [0.05, 0.1) is 6.61 Å². The summed E-state index contributed by atoms with van der Waals surface area (Å²) in [5.41, 5.74) is 0. The van der Waals surface area contributed by atoms with Gasteiger partial charge in [-0.05, 0) is 44.9 Å². The molecule has 0 spiro atoms. The summed E-state index contributed by atoms with van der Waals surface area (Å²) in [6.07, 6.45) is 37.9. The van der Waals surface area contributed by atoms with Crippen molar-refractivity contribution in [3.63, 3.8) is 0 Å². The van der Waals surface area contributed by atoms with Gasteiger partial charge in [-0.2, -0.15) is 0 Å². The summed E-state index contributed by atoms with van der Waals surface area (Å²) in [7, 11) is -5.12. The third-order valence-corrected chi connectivity index (χ3v) is 14.0. The van der Waals surface area contributed by atoms with E-state index in [0.717, 1.165) is 64.2 Å². The van der Waals surface area contributed by atoms with Crippen LogP contribution in [0, 0.1) is 0 Å². The van der Waals surface area contributed by atoms with Crippen LogP contribution in [-0.2, 0) is 32.7 Å².